The van der Waals surface area contributed by atoms with E-state index in [-0.39, 0.29) is 6.61 Å². The fourth-order valence-corrected chi connectivity index (χ4v) is 0.971. The van der Waals surface area contributed by atoms with Crippen molar-refractivity contribution in [3.8, 4) is 0 Å². The zero-order valence-electron chi connectivity index (χ0n) is 6.79. The Morgan fingerprint density at radius 2 is 2.33 bits per heavy atom. The molecule has 0 amide bonds. The Kier molecular flexibility index (Phi) is 2.67. The number of nitrogens with zero attached hydrogens (tertiary/aromatic N) is 1. The Morgan fingerprint density at radius 1 is 1.67 bits per heavy atom. The summed E-state index contributed by atoms with van der Waals surface area (Å²) >= 11 is 5.66. The monoisotopic (exact) mass is 186 g/mol. The first-order valence-electron chi connectivity index (χ1n) is 3.59. The van der Waals surface area contributed by atoms with E-state index < -0.39 is 5.54 Å². The minimum Gasteiger partial charge on any atom is -0.394 e. The van der Waals surface area contributed by atoms with Gasteiger partial charge in [0.25, 0.3) is 0 Å². The van der Waals surface area contributed by atoms with E-state index in [1.807, 2.05) is 0 Å². The molecule has 66 valence electrons. The lowest BCUT2D eigenvalue weighted by molar-refractivity contribution is 0.207. The fourth-order valence-electron chi connectivity index (χ4n) is 0.807. The van der Waals surface area contributed by atoms with Gasteiger partial charge in [-0.2, -0.15) is 0 Å². The van der Waals surface area contributed by atoms with E-state index in [2.05, 4.69) is 4.98 Å². The van der Waals surface area contributed by atoms with Gasteiger partial charge in [0.1, 0.15) is 5.15 Å². The van der Waals surface area contributed by atoms with E-state index in [1.54, 1.807) is 25.1 Å². The third-order valence-electron chi connectivity index (χ3n) is 1.63. The number of hydrogen-bond donors (Lipinski definition) is 2. The minimum absolute atomic E-state index is 0.152. The molecule has 0 fully saturated rings. The van der Waals surface area contributed by atoms with Gasteiger partial charge in [0.2, 0.25) is 0 Å². The molecule has 12 heavy (non-hydrogen) atoms. The maximum Gasteiger partial charge on any atom is 0.129 e. The molecule has 4 heteroatoms. The zero-order chi connectivity index (χ0) is 9.19. The SMILES string of the molecule is C[C@@](N)(CO)c1cccc(Cl)n1. The highest BCUT2D eigenvalue weighted by Gasteiger charge is 2.21. The average molecular weight is 187 g/mol. The van der Waals surface area contributed by atoms with Crippen molar-refractivity contribution in [2.24, 2.45) is 5.73 Å². The van der Waals surface area contributed by atoms with E-state index in [0.717, 1.165) is 0 Å². The van der Waals surface area contributed by atoms with Gasteiger partial charge in [-0.25, -0.2) is 4.98 Å². The normalized spacial score (nSPS) is 15.7. The fraction of sp³-hybridized carbons (Fsp3) is 0.375. The second-order valence-corrected chi connectivity index (χ2v) is 3.31. The molecule has 0 saturated heterocycles. The summed E-state index contributed by atoms with van der Waals surface area (Å²) in [5.74, 6) is 0. The summed E-state index contributed by atoms with van der Waals surface area (Å²) < 4.78 is 0. The quantitative estimate of drug-likeness (QED) is 0.675. The lowest BCUT2D eigenvalue weighted by atomic mass is 10.0. The predicted octanol–water partition coefficient (Wildman–Crippen LogP) is 0.901. The zero-order valence-corrected chi connectivity index (χ0v) is 7.54. The van der Waals surface area contributed by atoms with Crippen molar-refractivity contribution in [1.29, 1.82) is 0 Å². The standard InChI is InChI=1S/C8H11ClN2O/c1-8(10,5-12)6-3-2-4-7(9)11-6/h2-4,12H,5,10H2,1H3/t8-/m1/s1. The molecular formula is C8H11ClN2O. The first-order chi connectivity index (χ1) is 5.56. The van der Waals surface area contributed by atoms with Crippen molar-refractivity contribution in [2.75, 3.05) is 6.61 Å². The van der Waals surface area contributed by atoms with Gasteiger partial charge in [0.05, 0.1) is 17.8 Å². The maximum atomic E-state index is 8.93. The van der Waals surface area contributed by atoms with Crippen LogP contribution >= 0.6 is 11.6 Å². The topological polar surface area (TPSA) is 59.1 Å². The Labute approximate surface area is 76.2 Å². The molecule has 0 unspecified atom stereocenters. The van der Waals surface area contributed by atoms with Gasteiger partial charge in [0, 0.05) is 0 Å². The van der Waals surface area contributed by atoms with Crippen LogP contribution < -0.4 is 5.73 Å². The lowest BCUT2D eigenvalue weighted by Gasteiger charge is -2.20. The summed E-state index contributed by atoms with van der Waals surface area (Å²) in [6.07, 6.45) is 0. The van der Waals surface area contributed by atoms with Gasteiger partial charge in [-0.05, 0) is 19.1 Å². The highest BCUT2D eigenvalue weighted by atomic mass is 35.5. The van der Waals surface area contributed by atoms with Crippen LogP contribution in [0.15, 0.2) is 18.2 Å². The van der Waals surface area contributed by atoms with E-state index in [1.165, 1.54) is 0 Å². The molecule has 0 radical (unpaired) electrons. The summed E-state index contributed by atoms with van der Waals surface area (Å²) in [5, 5.41) is 9.32. The molecule has 1 aromatic heterocycles. The van der Waals surface area contributed by atoms with Gasteiger partial charge >= 0.3 is 0 Å². The van der Waals surface area contributed by atoms with Crippen molar-refractivity contribution in [2.45, 2.75) is 12.5 Å². The van der Waals surface area contributed by atoms with E-state index in [4.69, 9.17) is 22.4 Å². The number of aliphatic hydroxyl groups is 1. The Morgan fingerprint density at radius 3 is 2.83 bits per heavy atom. The van der Waals surface area contributed by atoms with E-state index in [9.17, 15) is 0 Å². The average Bonchev–Trinajstić information content (AvgIpc) is 2.05. The maximum absolute atomic E-state index is 8.93. The first kappa shape index (κ1) is 9.45. The molecule has 3 N–H and O–H groups in total. The first-order valence-corrected chi connectivity index (χ1v) is 3.97. The summed E-state index contributed by atoms with van der Waals surface area (Å²) in [5.41, 5.74) is 5.52. The van der Waals surface area contributed by atoms with Crippen LogP contribution in [0.3, 0.4) is 0 Å². The number of pyridine rings is 1. The highest BCUT2D eigenvalue weighted by Crippen LogP contribution is 2.16. The predicted molar refractivity (Wildman–Crippen MR) is 47.9 cm³/mol. The second kappa shape index (κ2) is 3.39. The van der Waals surface area contributed by atoms with Crippen molar-refractivity contribution >= 4 is 11.6 Å². The van der Waals surface area contributed by atoms with Gasteiger partial charge in [-0.3, -0.25) is 0 Å². The molecular weight excluding hydrogens is 176 g/mol. The number of hydrogen-bond acceptors (Lipinski definition) is 3. The minimum atomic E-state index is -0.815. The largest absolute Gasteiger partial charge is 0.394 e. The number of aromatic nitrogens is 1. The Balaban J connectivity index is 3.03. The van der Waals surface area contributed by atoms with E-state index in [0.29, 0.717) is 10.8 Å². The molecule has 1 rings (SSSR count). The van der Waals surface area contributed by atoms with Crippen molar-refractivity contribution in [3.63, 3.8) is 0 Å². The smallest absolute Gasteiger partial charge is 0.129 e. The molecule has 0 bridgehead atoms. The van der Waals surface area contributed by atoms with Crippen LogP contribution in [-0.2, 0) is 5.54 Å². The van der Waals surface area contributed by atoms with Crippen molar-refractivity contribution in [1.82, 2.24) is 4.98 Å². The number of rotatable bonds is 2. The van der Waals surface area contributed by atoms with Crippen LogP contribution in [0.2, 0.25) is 5.15 Å². The number of aliphatic hydroxyl groups excluding tert-OH is 1. The van der Waals surface area contributed by atoms with Gasteiger partial charge in [-0.1, -0.05) is 17.7 Å². The Bertz CT molecular complexity index is 276. The third-order valence-corrected chi connectivity index (χ3v) is 1.84. The number of nitrogens with two attached hydrogens (primary N) is 1. The van der Waals surface area contributed by atoms with Crippen LogP contribution in [-0.4, -0.2) is 16.7 Å². The molecule has 1 aromatic rings. The third kappa shape index (κ3) is 1.94. The summed E-state index contributed by atoms with van der Waals surface area (Å²) in [6, 6.07) is 5.16. The molecule has 0 saturated carbocycles. The van der Waals surface area contributed by atoms with Crippen LogP contribution in [0.5, 0.6) is 0 Å². The lowest BCUT2D eigenvalue weighted by Crippen LogP contribution is -2.37. The molecule has 0 aromatic carbocycles. The highest BCUT2D eigenvalue weighted by molar-refractivity contribution is 6.29. The molecule has 0 aliphatic rings. The molecule has 0 aliphatic carbocycles. The molecule has 3 nitrogen and oxygen atoms in total. The molecule has 0 spiro atoms. The van der Waals surface area contributed by atoms with E-state index >= 15 is 0 Å². The molecule has 0 aliphatic heterocycles. The van der Waals surface area contributed by atoms with Crippen LogP contribution in [0.4, 0.5) is 0 Å². The van der Waals surface area contributed by atoms with Crippen LogP contribution in [0, 0.1) is 0 Å². The van der Waals surface area contributed by atoms with Gasteiger partial charge < -0.3 is 10.8 Å². The van der Waals surface area contributed by atoms with Crippen molar-refractivity contribution < 1.29 is 5.11 Å². The van der Waals surface area contributed by atoms with Gasteiger partial charge in [0.15, 0.2) is 0 Å². The Hall–Kier alpha value is -0.640. The van der Waals surface area contributed by atoms with Crippen molar-refractivity contribution in [3.05, 3.63) is 29.0 Å². The summed E-state index contributed by atoms with van der Waals surface area (Å²) in [7, 11) is 0. The molecule has 1 heterocycles. The summed E-state index contributed by atoms with van der Waals surface area (Å²) in [4.78, 5) is 4.00. The summed E-state index contributed by atoms with van der Waals surface area (Å²) in [6.45, 7) is 1.55. The second-order valence-electron chi connectivity index (χ2n) is 2.92. The van der Waals surface area contributed by atoms with Crippen LogP contribution in [0.25, 0.3) is 0 Å². The van der Waals surface area contributed by atoms with Crippen LogP contribution in [0.1, 0.15) is 12.6 Å². The van der Waals surface area contributed by atoms with Gasteiger partial charge in [-0.15, -0.1) is 0 Å². The molecule has 1 atom stereocenters. The number of halogens is 1.